The molecule has 0 bridgehead atoms. The number of guanidine groups is 1. The monoisotopic (exact) mass is 412 g/mol. The predicted octanol–water partition coefficient (Wildman–Crippen LogP) is 3.94. The molecule has 1 heterocycles. The second kappa shape index (κ2) is 11.6. The van der Waals surface area contributed by atoms with Gasteiger partial charge in [0.15, 0.2) is 5.96 Å². The van der Waals surface area contributed by atoms with Crippen molar-refractivity contribution in [1.29, 1.82) is 0 Å². The van der Waals surface area contributed by atoms with Crippen molar-refractivity contribution >= 4 is 5.96 Å². The molecule has 2 aromatic carbocycles. The normalized spacial score (nSPS) is 15.8. The van der Waals surface area contributed by atoms with Gasteiger partial charge >= 0.3 is 0 Å². The summed E-state index contributed by atoms with van der Waals surface area (Å²) in [5, 5.41) is 6.95. The number of hydrogen-bond donors (Lipinski definition) is 2. The van der Waals surface area contributed by atoms with Gasteiger partial charge in [0.05, 0.1) is 0 Å². The van der Waals surface area contributed by atoms with Crippen molar-refractivity contribution in [2.45, 2.75) is 45.4 Å². The van der Waals surface area contributed by atoms with Gasteiger partial charge in [0.25, 0.3) is 0 Å². The quantitative estimate of drug-likeness (QED) is 0.509. The maximum atomic E-state index is 13.2. The minimum Gasteiger partial charge on any atom is -0.489 e. The first-order valence-corrected chi connectivity index (χ1v) is 10.8. The molecule has 5 nitrogen and oxygen atoms in total. The topological polar surface area (TPSA) is 48.9 Å². The molecule has 0 atom stereocenters. The van der Waals surface area contributed by atoms with Gasteiger partial charge < -0.3 is 20.3 Å². The van der Waals surface area contributed by atoms with Gasteiger partial charge in [0.1, 0.15) is 18.2 Å². The fourth-order valence-corrected chi connectivity index (χ4v) is 3.69. The Hall–Kier alpha value is -2.60. The van der Waals surface area contributed by atoms with E-state index >= 15 is 0 Å². The van der Waals surface area contributed by atoms with Gasteiger partial charge in [-0.05, 0) is 61.2 Å². The third kappa shape index (κ3) is 7.02. The van der Waals surface area contributed by atoms with Crippen LogP contribution in [0.3, 0.4) is 0 Å². The van der Waals surface area contributed by atoms with Crippen molar-refractivity contribution in [3.8, 4) is 5.75 Å². The van der Waals surface area contributed by atoms with Crippen LogP contribution in [0, 0.1) is 5.82 Å². The lowest BCUT2D eigenvalue weighted by Gasteiger charge is -2.32. The Labute approximate surface area is 179 Å². The van der Waals surface area contributed by atoms with Crippen molar-refractivity contribution in [2.75, 3.05) is 26.7 Å². The zero-order valence-corrected chi connectivity index (χ0v) is 18.0. The van der Waals surface area contributed by atoms with Gasteiger partial charge in [-0.2, -0.15) is 0 Å². The van der Waals surface area contributed by atoms with E-state index in [-0.39, 0.29) is 5.82 Å². The molecule has 2 N–H and O–H groups in total. The number of aliphatic imine (C=N–C) groups is 1. The van der Waals surface area contributed by atoms with Crippen molar-refractivity contribution in [1.82, 2.24) is 15.5 Å². The fraction of sp³-hybridized carbons (Fsp3) is 0.458. The van der Waals surface area contributed by atoms with E-state index in [0.29, 0.717) is 19.2 Å². The zero-order chi connectivity index (χ0) is 21.2. The smallest absolute Gasteiger partial charge is 0.191 e. The molecule has 162 valence electrons. The maximum absolute atomic E-state index is 13.2. The average Bonchev–Trinajstić information content (AvgIpc) is 2.77. The number of ether oxygens (including phenoxy) is 1. The number of nitrogens with one attached hydrogen (secondary N) is 2. The minimum absolute atomic E-state index is 0.244. The van der Waals surface area contributed by atoms with E-state index < -0.39 is 0 Å². The Kier molecular flexibility index (Phi) is 8.51. The summed E-state index contributed by atoms with van der Waals surface area (Å²) >= 11 is 0. The maximum Gasteiger partial charge on any atom is 0.191 e. The molecule has 2 aromatic rings. The lowest BCUT2D eigenvalue weighted by Crippen LogP contribution is -2.48. The van der Waals surface area contributed by atoms with Gasteiger partial charge in [-0.25, -0.2) is 4.39 Å². The molecule has 30 heavy (non-hydrogen) atoms. The SMILES string of the molecule is CCCN1CCC(NC(=NC)NCc2ccc(OCc3cccc(F)c3)cc2)CC1. The first kappa shape index (κ1) is 22.1. The molecular weight excluding hydrogens is 379 g/mol. The van der Waals surface area contributed by atoms with E-state index in [2.05, 4.69) is 27.4 Å². The molecular formula is C24H33FN4O. The Morgan fingerprint density at radius 1 is 1.13 bits per heavy atom. The molecule has 1 aliphatic heterocycles. The first-order valence-electron chi connectivity index (χ1n) is 10.8. The van der Waals surface area contributed by atoms with Crippen LogP contribution >= 0.6 is 0 Å². The van der Waals surface area contributed by atoms with Gasteiger partial charge in [0.2, 0.25) is 0 Å². The van der Waals surface area contributed by atoms with Crippen LogP contribution in [-0.4, -0.2) is 43.6 Å². The standard InChI is InChI=1S/C24H33FN4O/c1-3-13-29-14-11-22(12-15-29)28-24(26-2)27-17-19-7-9-23(10-8-19)30-18-20-5-4-6-21(25)16-20/h4-10,16,22H,3,11-15,17-18H2,1-2H3,(H2,26,27,28). The van der Waals surface area contributed by atoms with Crippen molar-refractivity contribution < 1.29 is 9.13 Å². The summed E-state index contributed by atoms with van der Waals surface area (Å²) in [6, 6.07) is 14.9. The largest absolute Gasteiger partial charge is 0.489 e. The van der Waals surface area contributed by atoms with Crippen LogP contribution in [0.4, 0.5) is 4.39 Å². The molecule has 1 aliphatic rings. The summed E-state index contributed by atoms with van der Waals surface area (Å²) in [5.41, 5.74) is 1.96. The molecule has 0 amide bonds. The summed E-state index contributed by atoms with van der Waals surface area (Å²) in [6.45, 7) is 6.78. The van der Waals surface area contributed by atoms with Crippen LogP contribution < -0.4 is 15.4 Å². The van der Waals surface area contributed by atoms with E-state index in [4.69, 9.17) is 4.74 Å². The number of halogens is 1. The van der Waals surface area contributed by atoms with E-state index in [9.17, 15) is 4.39 Å². The Morgan fingerprint density at radius 3 is 2.57 bits per heavy atom. The number of rotatable bonds is 8. The number of likely N-dealkylation sites (tertiary alicyclic amines) is 1. The van der Waals surface area contributed by atoms with Gasteiger partial charge in [0, 0.05) is 32.7 Å². The highest BCUT2D eigenvalue weighted by Crippen LogP contribution is 2.15. The second-order valence-electron chi connectivity index (χ2n) is 7.75. The van der Waals surface area contributed by atoms with Crippen LogP contribution in [0.15, 0.2) is 53.5 Å². The van der Waals surface area contributed by atoms with Crippen molar-refractivity contribution in [2.24, 2.45) is 4.99 Å². The first-order chi connectivity index (χ1) is 14.7. The highest BCUT2D eigenvalue weighted by molar-refractivity contribution is 5.79. The van der Waals surface area contributed by atoms with Gasteiger partial charge in [-0.1, -0.05) is 31.2 Å². The molecule has 1 saturated heterocycles. The Balaban J connectivity index is 1.41. The third-order valence-corrected chi connectivity index (χ3v) is 5.37. The lowest BCUT2D eigenvalue weighted by atomic mass is 10.1. The van der Waals surface area contributed by atoms with Crippen molar-refractivity contribution in [3.63, 3.8) is 0 Å². The van der Waals surface area contributed by atoms with Crippen LogP contribution in [-0.2, 0) is 13.2 Å². The van der Waals surface area contributed by atoms with E-state index in [1.807, 2.05) is 37.4 Å². The summed E-state index contributed by atoms with van der Waals surface area (Å²) in [7, 11) is 1.81. The average molecular weight is 413 g/mol. The molecule has 0 unspecified atom stereocenters. The van der Waals surface area contributed by atoms with E-state index in [1.54, 1.807) is 6.07 Å². The number of nitrogens with zero attached hydrogens (tertiary/aromatic N) is 2. The molecule has 0 aliphatic carbocycles. The Bertz CT molecular complexity index is 801. The molecule has 1 fully saturated rings. The summed E-state index contributed by atoms with van der Waals surface area (Å²) < 4.78 is 19.0. The molecule has 0 spiro atoms. The molecule has 0 radical (unpaired) electrons. The highest BCUT2D eigenvalue weighted by atomic mass is 19.1. The molecule has 3 rings (SSSR count). The Morgan fingerprint density at radius 2 is 1.90 bits per heavy atom. The minimum atomic E-state index is -0.244. The van der Waals surface area contributed by atoms with Crippen LogP contribution in [0.2, 0.25) is 0 Å². The number of piperidine rings is 1. The summed E-state index contributed by atoms with van der Waals surface area (Å²) in [4.78, 5) is 6.90. The second-order valence-corrected chi connectivity index (χ2v) is 7.75. The lowest BCUT2D eigenvalue weighted by molar-refractivity contribution is 0.206. The van der Waals surface area contributed by atoms with E-state index in [1.165, 1.54) is 25.1 Å². The highest BCUT2D eigenvalue weighted by Gasteiger charge is 2.19. The van der Waals surface area contributed by atoms with Gasteiger partial charge in [-0.3, -0.25) is 4.99 Å². The van der Waals surface area contributed by atoms with Crippen molar-refractivity contribution in [3.05, 3.63) is 65.5 Å². The summed E-state index contributed by atoms with van der Waals surface area (Å²) in [5.74, 6) is 1.37. The number of hydrogen-bond acceptors (Lipinski definition) is 3. The van der Waals surface area contributed by atoms with Gasteiger partial charge in [-0.15, -0.1) is 0 Å². The summed E-state index contributed by atoms with van der Waals surface area (Å²) in [6.07, 6.45) is 3.52. The van der Waals surface area contributed by atoms with Crippen LogP contribution in [0.5, 0.6) is 5.75 Å². The molecule has 0 aromatic heterocycles. The predicted molar refractivity (Wildman–Crippen MR) is 120 cm³/mol. The molecule has 0 saturated carbocycles. The fourth-order valence-electron chi connectivity index (χ4n) is 3.69. The zero-order valence-electron chi connectivity index (χ0n) is 18.0. The third-order valence-electron chi connectivity index (χ3n) is 5.37. The van der Waals surface area contributed by atoms with Crippen LogP contribution in [0.25, 0.3) is 0 Å². The number of benzene rings is 2. The molecule has 6 heteroatoms. The van der Waals surface area contributed by atoms with E-state index in [0.717, 1.165) is 48.8 Å². The van der Waals surface area contributed by atoms with Crippen LogP contribution in [0.1, 0.15) is 37.3 Å².